The van der Waals surface area contributed by atoms with Crippen LogP contribution in [0.1, 0.15) is 54.9 Å². The van der Waals surface area contributed by atoms with Crippen molar-refractivity contribution >= 4 is 23.2 Å². The largest absolute Gasteiger partial charge is 0.494 e. The molecule has 0 radical (unpaired) electrons. The Labute approximate surface area is 178 Å². The number of nitrogens with one attached hydrogen (secondary N) is 2. The Kier molecular flexibility index (Phi) is 7.85. The van der Waals surface area contributed by atoms with Gasteiger partial charge in [-0.25, -0.2) is 0 Å². The van der Waals surface area contributed by atoms with E-state index in [0.29, 0.717) is 29.1 Å². The predicted molar refractivity (Wildman–Crippen MR) is 120 cm³/mol. The number of carbonyl (C=O) groups is 2. The SMILES string of the molecule is CCCC(=O)Nc1ccc(NC(=O)c2ccc(CN3CCCCC3)cc2)cc1OC. The highest BCUT2D eigenvalue weighted by atomic mass is 16.5. The third-order valence-corrected chi connectivity index (χ3v) is 5.28. The summed E-state index contributed by atoms with van der Waals surface area (Å²) in [6.07, 6.45) is 5.09. The van der Waals surface area contributed by atoms with Gasteiger partial charge < -0.3 is 15.4 Å². The first kappa shape index (κ1) is 21.8. The molecule has 0 spiro atoms. The van der Waals surface area contributed by atoms with Gasteiger partial charge in [-0.1, -0.05) is 25.5 Å². The molecule has 1 fully saturated rings. The average molecular weight is 410 g/mol. The van der Waals surface area contributed by atoms with Gasteiger partial charge in [-0.3, -0.25) is 14.5 Å². The summed E-state index contributed by atoms with van der Waals surface area (Å²) in [6, 6.07) is 13.0. The number of anilines is 2. The van der Waals surface area contributed by atoms with Gasteiger partial charge in [0.1, 0.15) is 5.75 Å². The van der Waals surface area contributed by atoms with Crippen molar-refractivity contribution < 1.29 is 14.3 Å². The van der Waals surface area contributed by atoms with E-state index in [4.69, 9.17) is 4.74 Å². The van der Waals surface area contributed by atoms with E-state index in [0.717, 1.165) is 26.1 Å². The van der Waals surface area contributed by atoms with Crippen molar-refractivity contribution in [2.45, 2.75) is 45.6 Å². The van der Waals surface area contributed by atoms with Crippen LogP contribution in [-0.2, 0) is 11.3 Å². The standard InChI is InChI=1S/C24H31N3O3/c1-3-7-23(28)26-21-13-12-20(16-22(21)30-2)25-24(29)19-10-8-18(9-11-19)17-27-14-5-4-6-15-27/h8-13,16H,3-7,14-15,17H2,1-2H3,(H,25,29)(H,26,28). The molecule has 2 aromatic rings. The molecule has 2 N–H and O–H groups in total. The number of methoxy groups -OCH3 is 1. The molecule has 1 heterocycles. The Morgan fingerprint density at radius 3 is 2.40 bits per heavy atom. The van der Waals surface area contributed by atoms with E-state index in [1.165, 1.54) is 31.9 Å². The lowest BCUT2D eigenvalue weighted by Crippen LogP contribution is -2.29. The Bertz CT molecular complexity index is 858. The molecule has 1 aliphatic heterocycles. The quantitative estimate of drug-likeness (QED) is 0.665. The lowest BCUT2D eigenvalue weighted by molar-refractivity contribution is -0.116. The molecule has 160 valence electrons. The number of benzene rings is 2. The molecule has 6 nitrogen and oxygen atoms in total. The van der Waals surface area contributed by atoms with Crippen molar-refractivity contribution in [3.8, 4) is 5.75 Å². The van der Waals surface area contributed by atoms with Crippen LogP contribution in [0.15, 0.2) is 42.5 Å². The van der Waals surface area contributed by atoms with E-state index in [1.54, 1.807) is 18.2 Å². The van der Waals surface area contributed by atoms with E-state index in [-0.39, 0.29) is 11.8 Å². The van der Waals surface area contributed by atoms with Crippen molar-refractivity contribution in [1.82, 2.24) is 4.90 Å². The van der Waals surface area contributed by atoms with Gasteiger partial charge in [-0.15, -0.1) is 0 Å². The van der Waals surface area contributed by atoms with Crippen LogP contribution in [-0.4, -0.2) is 36.9 Å². The molecular weight excluding hydrogens is 378 g/mol. The average Bonchev–Trinajstić information content (AvgIpc) is 2.76. The number of hydrogen-bond acceptors (Lipinski definition) is 4. The minimum atomic E-state index is -0.177. The van der Waals surface area contributed by atoms with Crippen molar-refractivity contribution in [1.29, 1.82) is 0 Å². The normalized spacial score (nSPS) is 14.2. The second kappa shape index (κ2) is 10.8. The topological polar surface area (TPSA) is 70.7 Å². The first-order valence-corrected chi connectivity index (χ1v) is 10.7. The zero-order chi connectivity index (χ0) is 21.3. The van der Waals surface area contributed by atoms with E-state index in [9.17, 15) is 9.59 Å². The molecule has 0 aromatic heterocycles. The summed E-state index contributed by atoms with van der Waals surface area (Å²) in [6.45, 7) is 5.19. The van der Waals surface area contributed by atoms with E-state index in [2.05, 4.69) is 15.5 Å². The summed E-state index contributed by atoms with van der Waals surface area (Å²) >= 11 is 0. The summed E-state index contributed by atoms with van der Waals surface area (Å²) in [7, 11) is 1.54. The second-order valence-electron chi connectivity index (χ2n) is 7.70. The van der Waals surface area contributed by atoms with Gasteiger partial charge in [0, 0.05) is 30.3 Å². The Morgan fingerprint density at radius 1 is 1.00 bits per heavy atom. The number of ether oxygens (including phenoxy) is 1. The van der Waals surface area contributed by atoms with Gasteiger partial charge in [-0.05, 0) is 62.2 Å². The third kappa shape index (κ3) is 6.07. The molecule has 6 heteroatoms. The van der Waals surface area contributed by atoms with E-state index < -0.39 is 0 Å². The lowest BCUT2D eigenvalue weighted by atomic mass is 10.1. The van der Waals surface area contributed by atoms with Crippen LogP contribution >= 0.6 is 0 Å². The highest BCUT2D eigenvalue weighted by Gasteiger charge is 2.13. The number of rotatable bonds is 8. The molecule has 0 atom stereocenters. The van der Waals surface area contributed by atoms with Crippen molar-refractivity contribution in [3.05, 3.63) is 53.6 Å². The fourth-order valence-electron chi connectivity index (χ4n) is 3.65. The maximum absolute atomic E-state index is 12.6. The molecule has 2 aromatic carbocycles. The van der Waals surface area contributed by atoms with Crippen LogP contribution in [0.5, 0.6) is 5.75 Å². The number of amides is 2. The number of nitrogens with zero attached hydrogens (tertiary/aromatic N) is 1. The Morgan fingerprint density at radius 2 is 1.73 bits per heavy atom. The number of likely N-dealkylation sites (tertiary alicyclic amines) is 1. The van der Waals surface area contributed by atoms with Crippen molar-refractivity contribution in [3.63, 3.8) is 0 Å². The van der Waals surface area contributed by atoms with Gasteiger partial charge in [0.15, 0.2) is 0 Å². The molecule has 2 amide bonds. The summed E-state index contributed by atoms with van der Waals surface area (Å²) in [4.78, 5) is 26.9. The van der Waals surface area contributed by atoms with Crippen LogP contribution in [0.3, 0.4) is 0 Å². The zero-order valence-corrected chi connectivity index (χ0v) is 17.9. The third-order valence-electron chi connectivity index (χ3n) is 5.28. The Hall–Kier alpha value is -2.86. The second-order valence-corrected chi connectivity index (χ2v) is 7.70. The minimum absolute atomic E-state index is 0.0581. The molecular formula is C24H31N3O3. The molecule has 3 rings (SSSR count). The predicted octanol–water partition coefficient (Wildman–Crippen LogP) is 4.67. The van der Waals surface area contributed by atoms with Crippen LogP contribution in [0, 0.1) is 0 Å². The summed E-state index contributed by atoms with van der Waals surface area (Å²) in [5.74, 6) is 0.274. The first-order chi connectivity index (χ1) is 14.6. The number of hydrogen-bond donors (Lipinski definition) is 2. The van der Waals surface area contributed by atoms with Gasteiger partial charge in [0.05, 0.1) is 12.8 Å². The van der Waals surface area contributed by atoms with Gasteiger partial charge >= 0.3 is 0 Å². The smallest absolute Gasteiger partial charge is 0.255 e. The summed E-state index contributed by atoms with van der Waals surface area (Å²) in [5.41, 5.74) is 3.04. The van der Waals surface area contributed by atoms with Crippen molar-refractivity contribution in [2.75, 3.05) is 30.8 Å². The minimum Gasteiger partial charge on any atom is -0.494 e. The van der Waals surface area contributed by atoms with Crippen LogP contribution in [0.2, 0.25) is 0 Å². The van der Waals surface area contributed by atoms with Crippen LogP contribution in [0.4, 0.5) is 11.4 Å². The molecule has 0 unspecified atom stereocenters. The Balaban J connectivity index is 1.61. The van der Waals surface area contributed by atoms with Gasteiger partial charge in [-0.2, -0.15) is 0 Å². The van der Waals surface area contributed by atoms with Gasteiger partial charge in [0.2, 0.25) is 5.91 Å². The monoisotopic (exact) mass is 409 g/mol. The molecule has 0 saturated carbocycles. The maximum Gasteiger partial charge on any atom is 0.255 e. The van der Waals surface area contributed by atoms with Crippen LogP contribution < -0.4 is 15.4 Å². The van der Waals surface area contributed by atoms with E-state index >= 15 is 0 Å². The van der Waals surface area contributed by atoms with Crippen molar-refractivity contribution in [2.24, 2.45) is 0 Å². The molecule has 30 heavy (non-hydrogen) atoms. The lowest BCUT2D eigenvalue weighted by Gasteiger charge is -2.26. The first-order valence-electron chi connectivity index (χ1n) is 10.7. The molecule has 0 aliphatic carbocycles. The number of carbonyl (C=O) groups excluding carboxylic acids is 2. The summed E-state index contributed by atoms with van der Waals surface area (Å²) < 4.78 is 5.37. The number of piperidine rings is 1. The fraction of sp³-hybridized carbons (Fsp3) is 0.417. The van der Waals surface area contributed by atoms with E-state index in [1.807, 2.05) is 31.2 Å². The zero-order valence-electron chi connectivity index (χ0n) is 17.9. The fourth-order valence-corrected chi connectivity index (χ4v) is 3.65. The molecule has 0 bridgehead atoms. The molecule has 1 aliphatic rings. The van der Waals surface area contributed by atoms with Crippen LogP contribution in [0.25, 0.3) is 0 Å². The maximum atomic E-state index is 12.6. The highest BCUT2D eigenvalue weighted by Crippen LogP contribution is 2.28. The van der Waals surface area contributed by atoms with Gasteiger partial charge in [0.25, 0.3) is 5.91 Å². The highest BCUT2D eigenvalue weighted by molar-refractivity contribution is 6.04. The summed E-state index contributed by atoms with van der Waals surface area (Å²) in [5, 5.41) is 5.73. The molecule has 1 saturated heterocycles.